The van der Waals surface area contributed by atoms with E-state index >= 15 is 0 Å². The Bertz CT molecular complexity index is 1500. The normalized spacial score (nSPS) is 17.6. The van der Waals surface area contributed by atoms with Crippen molar-refractivity contribution in [3.8, 4) is 17.2 Å². The Kier molecular flexibility index (Phi) is 6.73. The number of ether oxygens (including phenoxy) is 3. The van der Waals surface area contributed by atoms with Crippen LogP contribution < -0.4 is 25.1 Å². The van der Waals surface area contributed by atoms with Gasteiger partial charge in [0.2, 0.25) is 5.75 Å². The molecule has 4 aromatic rings. The van der Waals surface area contributed by atoms with Crippen LogP contribution in [0.2, 0.25) is 0 Å². The van der Waals surface area contributed by atoms with Crippen molar-refractivity contribution in [1.29, 1.82) is 0 Å². The standard InChI is InChI=1S/C27H30N4O6/c1-15-23-24(30-37-15)19-8-9-28-14-20(19)31(27(23)33)18-7-5-6-16(10-18)13-29-26(32)17-11-21(34-2)25(36-4)22(12-17)35-3/h8-9,11-12,14,16,18H,5-7,10,13H2,1-4H3,(H,29,32). The average molecular weight is 507 g/mol. The highest BCUT2D eigenvalue weighted by Gasteiger charge is 2.28. The highest BCUT2D eigenvalue weighted by Crippen LogP contribution is 2.38. The molecule has 194 valence electrons. The van der Waals surface area contributed by atoms with Gasteiger partial charge in [0.05, 0.1) is 33.0 Å². The maximum absolute atomic E-state index is 13.6. The molecule has 5 rings (SSSR count). The quantitative estimate of drug-likeness (QED) is 0.399. The fourth-order valence-electron chi connectivity index (χ4n) is 5.41. The summed E-state index contributed by atoms with van der Waals surface area (Å²) in [6.07, 6.45) is 6.96. The van der Waals surface area contributed by atoms with Gasteiger partial charge in [0.1, 0.15) is 16.7 Å². The number of aryl methyl sites for hydroxylation is 1. The third-order valence-corrected chi connectivity index (χ3v) is 7.21. The molecule has 1 amide bonds. The molecule has 1 fully saturated rings. The van der Waals surface area contributed by atoms with Gasteiger partial charge in [-0.1, -0.05) is 11.6 Å². The van der Waals surface area contributed by atoms with E-state index in [1.807, 2.05) is 10.6 Å². The summed E-state index contributed by atoms with van der Waals surface area (Å²) in [4.78, 5) is 30.9. The SMILES string of the molecule is COc1cc(C(=O)NCC2CCCC(n3c(=O)c4c(C)onc4c4ccncc43)C2)cc(OC)c1OC. The van der Waals surface area contributed by atoms with Crippen LogP contribution in [0.25, 0.3) is 21.8 Å². The number of amides is 1. The lowest BCUT2D eigenvalue weighted by molar-refractivity contribution is 0.0939. The highest BCUT2D eigenvalue weighted by atomic mass is 16.5. The minimum atomic E-state index is -0.227. The molecule has 10 heteroatoms. The summed E-state index contributed by atoms with van der Waals surface area (Å²) < 4.78 is 23.3. The smallest absolute Gasteiger partial charge is 0.264 e. The van der Waals surface area contributed by atoms with Gasteiger partial charge in [-0.15, -0.1) is 0 Å². The predicted molar refractivity (Wildman–Crippen MR) is 138 cm³/mol. The third-order valence-electron chi connectivity index (χ3n) is 7.21. The van der Waals surface area contributed by atoms with Crippen LogP contribution in [0.15, 0.2) is 39.9 Å². The van der Waals surface area contributed by atoms with Crippen LogP contribution in [0.5, 0.6) is 17.2 Å². The van der Waals surface area contributed by atoms with Gasteiger partial charge in [-0.25, -0.2) is 0 Å². The Morgan fingerprint density at radius 1 is 1.16 bits per heavy atom. The van der Waals surface area contributed by atoms with Gasteiger partial charge in [-0.05, 0) is 50.3 Å². The van der Waals surface area contributed by atoms with Crippen molar-refractivity contribution >= 4 is 27.7 Å². The molecule has 37 heavy (non-hydrogen) atoms. The molecule has 1 aliphatic carbocycles. The number of pyridine rings is 2. The minimum absolute atomic E-state index is 0.0188. The van der Waals surface area contributed by atoms with E-state index in [0.717, 1.165) is 36.6 Å². The van der Waals surface area contributed by atoms with Crippen LogP contribution in [-0.2, 0) is 0 Å². The molecule has 1 saturated carbocycles. The van der Waals surface area contributed by atoms with E-state index in [2.05, 4.69) is 15.5 Å². The van der Waals surface area contributed by atoms with E-state index in [-0.39, 0.29) is 23.4 Å². The predicted octanol–water partition coefficient (Wildman–Crippen LogP) is 4.03. The van der Waals surface area contributed by atoms with Crippen LogP contribution in [-0.4, -0.2) is 48.5 Å². The molecule has 1 N–H and O–H groups in total. The first-order valence-electron chi connectivity index (χ1n) is 12.3. The zero-order valence-corrected chi connectivity index (χ0v) is 21.4. The van der Waals surface area contributed by atoms with E-state index in [4.69, 9.17) is 18.7 Å². The Labute approximate surface area is 213 Å². The Morgan fingerprint density at radius 3 is 2.62 bits per heavy atom. The minimum Gasteiger partial charge on any atom is -0.493 e. The fourth-order valence-corrected chi connectivity index (χ4v) is 5.41. The van der Waals surface area contributed by atoms with E-state index < -0.39 is 0 Å². The average Bonchev–Trinajstić information content (AvgIpc) is 3.33. The molecular formula is C27H30N4O6. The summed E-state index contributed by atoms with van der Waals surface area (Å²) in [5.74, 6) is 1.77. The number of nitrogens with zero attached hydrogens (tertiary/aromatic N) is 3. The Hall–Kier alpha value is -4.08. The number of methoxy groups -OCH3 is 3. The van der Waals surface area contributed by atoms with E-state index in [1.165, 1.54) is 21.3 Å². The van der Waals surface area contributed by atoms with Gasteiger partial charge in [-0.2, -0.15) is 0 Å². The lowest BCUT2D eigenvalue weighted by Crippen LogP contribution is -2.34. The van der Waals surface area contributed by atoms with Crippen molar-refractivity contribution in [1.82, 2.24) is 20.0 Å². The number of carbonyl (C=O) groups excluding carboxylic acids is 1. The second kappa shape index (κ2) is 10.1. The lowest BCUT2D eigenvalue weighted by atomic mass is 9.85. The summed E-state index contributed by atoms with van der Waals surface area (Å²) in [5.41, 5.74) is 1.63. The summed E-state index contributed by atoms with van der Waals surface area (Å²) in [5, 5.41) is 8.54. The van der Waals surface area contributed by atoms with Crippen molar-refractivity contribution in [3.63, 3.8) is 0 Å². The number of hydrogen-bond acceptors (Lipinski definition) is 8. The van der Waals surface area contributed by atoms with Crippen LogP contribution in [0, 0.1) is 12.8 Å². The summed E-state index contributed by atoms with van der Waals surface area (Å²) in [6, 6.07) is 5.12. The van der Waals surface area contributed by atoms with Crippen LogP contribution in [0.3, 0.4) is 0 Å². The van der Waals surface area contributed by atoms with Crippen LogP contribution >= 0.6 is 0 Å². The van der Waals surface area contributed by atoms with Crippen molar-refractivity contribution in [3.05, 3.63) is 52.3 Å². The molecule has 0 spiro atoms. The second-order valence-electron chi connectivity index (χ2n) is 9.34. The first-order chi connectivity index (χ1) is 18.0. The number of benzene rings is 1. The van der Waals surface area contributed by atoms with Gasteiger partial charge in [0.15, 0.2) is 11.5 Å². The number of nitrogens with one attached hydrogen (secondary N) is 1. The number of fused-ring (bicyclic) bond motifs is 3. The van der Waals surface area contributed by atoms with Gasteiger partial charge in [0, 0.05) is 29.7 Å². The highest BCUT2D eigenvalue weighted by molar-refractivity contribution is 6.03. The summed E-state index contributed by atoms with van der Waals surface area (Å²) in [7, 11) is 4.55. The molecule has 1 aliphatic rings. The van der Waals surface area contributed by atoms with Crippen molar-refractivity contribution in [2.24, 2.45) is 5.92 Å². The molecule has 3 aromatic heterocycles. The third kappa shape index (κ3) is 4.36. The monoisotopic (exact) mass is 506 g/mol. The van der Waals surface area contributed by atoms with Gasteiger partial charge in [0.25, 0.3) is 11.5 Å². The molecule has 0 saturated heterocycles. The van der Waals surface area contributed by atoms with E-state index in [1.54, 1.807) is 31.5 Å². The number of carbonyl (C=O) groups is 1. The molecule has 0 aliphatic heterocycles. The fraction of sp³-hybridized carbons (Fsp3) is 0.407. The largest absolute Gasteiger partial charge is 0.493 e. The van der Waals surface area contributed by atoms with E-state index in [9.17, 15) is 9.59 Å². The maximum Gasteiger partial charge on any atom is 0.264 e. The number of hydrogen-bond donors (Lipinski definition) is 1. The van der Waals surface area contributed by atoms with Crippen LogP contribution in [0.4, 0.5) is 0 Å². The van der Waals surface area contributed by atoms with Crippen LogP contribution in [0.1, 0.15) is 47.8 Å². The molecule has 0 radical (unpaired) electrons. The van der Waals surface area contributed by atoms with Crippen molar-refractivity contribution in [2.75, 3.05) is 27.9 Å². The molecule has 0 bridgehead atoms. The molecule has 2 unspecified atom stereocenters. The van der Waals surface area contributed by atoms with Crippen molar-refractivity contribution < 1.29 is 23.5 Å². The summed E-state index contributed by atoms with van der Waals surface area (Å²) in [6.45, 7) is 2.25. The first kappa shape index (κ1) is 24.6. The summed E-state index contributed by atoms with van der Waals surface area (Å²) >= 11 is 0. The zero-order chi connectivity index (χ0) is 26.1. The molecule has 2 atom stereocenters. The second-order valence-corrected chi connectivity index (χ2v) is 9.34. The molecule has 10 nitrogen and oxygen atoms in total. The lowest BCUT2D eigenvalue weighted by Gasteiger charge is -2.31. The van der Waals surface area contributed by atoms with Gasteiger partial charge >= 0.3 is 0 Å². The molecule has 3 heterocycles. The van der Waals surface area contributed by atoms with Crippen molar-refractivity contribution in [2.45, 2.75) is 38.6 Å². The molecule has 1 aromatic carbocycles. The maximum atomic E-state index is 13.6. The number of rotatable bonds is 7. The van der Waals surface area contributed by atoms with Gasteiger partial charge < -0.3 is 28.6 Å². The first-order valence-corrected chi connectivity index (χ1v) is 12.3. The zero-order valence-electron chi connectivity index (χ0n) is 21.4. The van der Waals surface area contributed by atoms with Gasteiger partial charge in [-0.3, -0.25) is 14.6 Å². The Balaban J connectivity index is 1.38. The number of aromatic nitrogens is 3. The topological polar surface area (TPSA) is 118 Å². The Morgan fingerprint density at radius 2 is 1.92 bits per heavy atom. The molecular weight excluding hydrogens is 476 g/mol. The van der Waals surface area contributed by atoms with E-state index in [0.29, 0.717) is 46.0 Å².